The molecule has 0 spiro atoms. The number of benzene rings is 1. The van der Waals surface area contributed by atoms with Crippen LogP contribution in [0.5, 0.6) is 5.75 Å². The second-order valence-electron chi connectivity index (χ2n) is 3.13. The smallest absolute Gasteiger partial charge is 0.185 e. The highest BCUT2D eigenvalue weighted by Gasteiger charge is 1.91. The van der Waals surface area contributed by atoms with Crippen LogP contribution in [0.2, 0.25) is 0 Å². The fourth-order valence-corrected chi connectivity index (χ4v) is 1.66. The topological polar surface area (TPSA) is 37.3 Å². The summed E-state index contributed by atoms with van der Waals surface area (Å²) in [7, 11) is 0. The van der Waals surface area contributed by atoms with E-state index in [0.29, 0.717) is 0 Å². The summed E-state index contributed by atoms with van der Waals surface area (Å²) in [6, 6.07) is 7.07. The van der Waals surface area contributed by atoms with E-state index in [1.165, 1.54) is 11.8 Å². The van der Waals surface area contributed by atoms with E-state index in [-0.39, 0.29) is 10.9 Å². The van der Waals surface area contributed by atoms with Crippen LogP contribution in [0.4, 0.5) is 0 Å². The largest absolute Gasteiger partial charge is 0.508 e. The summed E-state index contributed by atoms with van der Waals surface area (Å²) in [4.78, 5) is 10.6. The molecule has 0 aromatic heterocycles. The van der Waals surface area contributed by atoms with E-state index in [4.69, 9.17) is 0 Å². The first kappa shape index (κ1) is 11.9. The minimum absolute atomic E-state index is 0.153. The zero-order chi connectivity index (χ0) is 11.1. The molecular formula is C12H14O2S. The highest BCUT2D eigenvalue weighted by molar-refractivity contribution is 8.13. The van der Waals surface area contributed by atoms with Gasteiger partial charge in [-0.25, -0.2) is 0 Å². The average Bonchev–Trinajstić information content (AvgIpc) is 2.17. The number of hydrogen-bond donors (Lipinski definition) is 1. The molecule has 0 aliphatic heterocycles. The summed E-state index contributed by atoms with van der Waals surface area (Å²) < 4.78 is 0. The normalized spacial score (nSPS) is 10.7. The molecule has 0 fully saturated rings. The predicted octanol–water partition coefficient (Wildman–Crippen LogP) is 3.08. The Balaban J connectivity index is 2.35. The maximum Gasteiger partial charge on any atom is 0.185 e. The number of carbonyl (C=O) groups excluding carboxylic acids is 1. The fraction of sp³-hybridized carbons (Fsp3) is 0.250. The quantitative estimate of drug-likeness (QED) is 0.795. The number of hydrogen-bond acceptors (Lipinski definition) is 3. The van der Waals surface area contributed by atoms with Gasteiger partial charge in [-0.15, -0.1) is 0 Å². The minimum Gasteiger partial charge on any atom is -0.508 e. The SMILES string of the molecule is CC(=O)SCCC=Cc1cccc(O)c1. The molecular weight excluding hydrogens is 208 g/mol. The highest BCUT2D eigenvalue weighted by Crippen LogP contribution is 2.12. The van der Waals surface area contributed by atoms with Crippen LogP contribution in [0.3, 0.4) is 0 Å². The molecule has 3 heteroatoms. The highest BCUT2D eigenvalue weighted by atomic mass is 32.2. The van der Waals surface area contributed by atoms with E-state index >= 15 is 0 Å². The number of allylic oxidation sites excluding steroid dienone is 1. The summed E-state index contributed by atoms with van der Waals surface area (Å²) in [5.74, 6) is 1.08. The van der Waals surface area contributed by atoms with E-state index in [0.717, 1.165) is 17.7 Å². The van der Waals surface area contributed by atoms with Gasteiger partial charge >= 0.3 is 0 Å². The second kappa shape index (κ2) is 6.30. The monoisotopic (exact) mass is 222 g/mol. The molecule has 15 heavy (non-hydrogen) atoms. The second-order valence-corrected chi connectivity index (χ2v) is 4.40. The first-order chi connectivity index (χ1) is 7.18. The van der Waals surface area contributed by atoms with Crippen LogP contribution < -0.4 is 0 Å². The van der Waals surface area contributed by atoms with Gasteiger partial charge in [-0.1, -0.05) is 36.0 Å². The summed E-state index contributed by atoms with van der Waals surface area (Å²) in [5.41, 5.74) is 0.975. The van der Waals surface area contributed by atoms with Gasteiger partial charge in [0, 0.05) is 12.7 Å². The lowest BCUT2D eigenvalue weighted by molar-refractivity contribution is -0.109. The number of rotatable bonds is 4. The van der Waals surface area contributed by atoms with E-state index < -0.39 is 0 Å². The van der Waals surface area contributed by atoms with Crippen LogP contribution in [0.15, 0.2) is 30.3 Å². The molecule has 80 valence electrons. The Hall–Kier alpha value is -1.22. The van der Waals surface area contributed by atoms with Crippen molar-refractivity contribution in [1.29, 1.82) is 0 Å². The third kappa shape index (κ3) is 5.27. The Kier molecular flexibility index (Phi) is 4.98. The third-order valence-electron chi connectivity index (χ3n) is 1.77. The van der Waals surface area contributed by atoms with Crippen molar-refractivity contribution in [2.24, 2.45) is 0 Å². The molecule has 0 saturated heterocycles. The molecule has 0 saturated carbocycles. The Morgan fingerprint density at radius 2 is 2.33 bits per heavy atom. The minimum atomic E-state index is 0.153. The molecule has 1 aromatic carbocycles. The summed E-state index contributed by atoms with van der Waals surface area (Å²) in [6.45, 7) is 1.57. The van der Waals surface area contributed by atoms with Crippen LogP contribution in [0, 0.1) is 0 Å². The van der Waals surface area contributed by atoms with Gasteiger partial charge in [0.05, 0.1) is 0 Å². The first-order valence-electron chi connectivity index (χ1n) is 4.77. The van der Waals surface area contributed by atoms with Gasteiger partial charge in [-0.2, -0.15) is 0 Å². The molecule has 0 unspecified atom stereocenters. The van der Waals surface area contributed by atoms with Crippen molar-refractivity contribution < 1.29 is 9.90 Å². The Labute approximate surface area is 94.0 Å². The van der Waals surface area contributed by atoms with Gasteiger partial charge in [0.15, 0.2) is 5.12 Å². The average molecular weight is 222 g/mol. The maximum absolute atomic E-state index is 10.6. The lowest BCUT2D eigenvalue weighted by Gasteiger charge is -1.95. The zero-order valence-electron chi connectivity index (χ0n) is 8.64. The van der Waals surface area contributed by atoms with Crippen molar-refractivity contribution in [2.45, 2.75) is 13.3 Å². The third-order valence-corrected chi connectivity index (χ3v) is 2.62. The summed E-state index contributed by atoms with van der Waals surface area (Å²) in [6.07, 6.45) is 4.81. The Bertz CT molecular complexity index is 358. The van der Waals surface area contributed by atoms with Gasteiger partial charge in [-0.05, 0) is 24.1 Å². The molecule has 0 bridgehead atoms. The van der Waals surface area contributed by atoms with Crippen LogP contribution in [0.1, 0.15) is 18.9 Å². The maximum atomic E-state index is 10.6. The Morgan fingerprint density at radius 3 is 3.00 bits per heavy atom. The van der Waals surface area contributed by atoms with Crippen molar-refractivity contribution in [3.8, 4) is 5.75 Å². The molecule has 0 radical (unpaired) electrons. The number of carbonyl (C=O) groups is 1. The molecule has 0 aliphatic rings. The molecule has 1 N–H and O–H groups in total. The lowest BCUT2D eigenvalue weighted by Crippen LogP contribution is -1.83. The molecule has 0 heterocycles. The van der Waals surface area contributed by atoms with Crippen LogP contribution in [0.25, 0.3) is 6.08 Å². The lowest BCUT2D eigenvalue weighted by atomic mass is 10.2. The zero-order valence-corrected chi connectivity index (χ0v) is 9.46. The van der Waals surface area contributed by atoms with Crippen molar-refractivity contribution in [3.63, 3.8) is 0 Å². The van der Waals surface area contributed by atoms with E-state index in [1.807, 2.05) is 18.2 Å². The number of thioether (sulfide) groups is 1. The standard InChI is InChI=1S/C12H14O2S/c1-10(13)15-8-3-2-5-11-6-4-7-12(14)9-11/h2,4-7,9,14H,3,8H2,1H3. The number of phenolic OH excluding ortho intramolecular Hbond substituents is 1. The molecule has 0 amide bonds. The van der Waals surface area contributed by atoms with Gasteiger partial charge in [0.1, 0.15) is 5.75 Å². The molecule has 1 rings (SSSR count). The summed E-state index contributed by atoms with van der Waals surface area (Å²) >= 11 is 1.33. The van der Waals surface area contributed by atoms with E-state index in [9.17, 15) is 9.90 Å². The van der Waals surface area contributed by atoms with Crippen molar-refractivity contribution in [3.05, 3.63) is 35.9 Å². The Morgan fingerprint density at radius 1 is 1.53 bits per heavy atom. The van der Waals surface area contributed by atoms with Crippen LogP contribution >= 0.6 is 11.8 Å². The van der Waals surface area contributed by atoms with E-state index in [2.05, 4.69) is 0 Å². The van der Waals surface area contributed by atoms with Gasteiger partial charge in [-0.3, -0.25) is 4.79 Å². The van der Waals surface area contributed by atoms with Gasteiger partial charge < -0.3 is 5.11 Å². The molecule has 0 atom stereocenters. The number of aromatic hydroxyl groups is 1. The van der Waals surface area contributed by atoms with Crippen LogP contribution in [-0.2, 0) is 4.79 Å². The van der Waals surface area contributed by atoms with Gasteiger partial charge in [0.2, 0.25) is 0 Å². The summed E-state index contributed by atoms with van der Waals surface area (Å²) in [5, 5.41) is 9.36. The van der Waals surface area contributed by atoms with Crippen molar-refractivity contribution >= 4 is 23.0 Å². The van der Waals surface area contributed by atoms with Gasteiger partial charge in [0.25, 0.3) is 0 Å². The van der Waals surface area contributed by atoms with Crippen LogP contribution in [-0.4, -0.2) is 16.0 Å². The molecule has 2 nitrogen and oxygen atoms in total. The van der Waals surface area contributed by atoms with Crippen molar-refractivity contribution in [2.75, 3.05) is 5.75 Å². The fourth-order valence-electron chi connectivity index (χ4n) is 1.12. The first-order valence-corrected chi connectivity index (χ1v) is 5.76. The molecule has 1 aromatic rings. The predicted molar refractivity (Wildman–Crippen MR) is 64.9 cm³/mol. The molecule has 0 aliphatic carbocycles. The number of phenols is 1. The van der Waals surface area contributed by atoms with Crippen molar-refractivity contribution in [1.82, 2.24) is 0 Å². The van der Waals surface area contributed by atoms with E-state index in [1.54, 1.807) is 25.1 Å².